The number of ketones is 1. The largest absolute Gasteiger partial charge is 0.392 e. The van der Waals surface area contributed by atoms with Crippen LogP contribution in [-0.2, 0) is 19.2 Å². The van der Waals surface area contributed by atoms with E-state index in [2.05, 4.69) is 17.9 Å². The van der Waals surface area contributed by atoms with E-state index in [0.29, 0.717) is 18.4 Å². The molecule has 4 unspecified atom stereocenters. The average molecular weight is 431 g/mol. The molecule has 0 amide bonds. The summed E-state index contributed by atoms with van der Waals surface area (Å²) in [6, 6.07) is 0. The van der Waals surface area contributed by atoms with Crippen LogP contribution in [0, 0.1) is 5.92 Å². The molecule has 31 heavy (non-hydrogen) atoms. The molecule has 1 spiro atoms. The van der Waals surface area contributed by atoms with Crippen molar-refractivity contribution in [2.24, 2.45) is 5.92 Å². The molecule has 0 saturated heterocycles. The first-order chi connectivity index (χ1) is 14.6. The van der Waals surface area contributed by atoms with Crippen LogP contribution in [0.25, 0.3) is 0 Å². The number of aliphatic hydroxyl groups excluding tert-OH is 1. The van der Waals surface area contributed by atoms with Crippen LogP contribution in [0.2, 0.25) is 0 Å². The van der Waals surface area contributed by atoms with Crippen LogP contribution in [0.1, 0.15) is 53.9 Å². The lowest BCUT2D eigenvalue weighted by Crippen LogP contribution is -2.49. The van der Waals surface area contributed by atoms with Gasteiger partial charge in [0.1, 0.15) is 5.60 Å². The molecule has 3 aliphatic rings. The Bertz CT molecular complexity index is 859. The molecule has 3 rings (SSSR count). The highest BCUT2D eigenvalue weighted by molar-refractivity contribution is 5.96. The first-order valence-electron chi connectivity index (χ1n) is 10.8. The van der Waals surface area contributed by atoms with Crippen LogP contribution >= 0.6 is 0 Å². The molecule has 0 fully saturated rings. The van der Waals surface area contributed by atoms with Crippen molar-refractivity contribution in [3.05, 3.63) is 58.7 Å². The van der Waals surface area contributed by atoms with Crippen molar-refractivity contribution in [2.75, 3.05) is 6.61 Å². The van der Waals surface area contributed by atoms with Crippen LogP contribution < -0.4 is 0 Å². The highest BCUT2D eigenvalue weighted by Gasteiger charge is 2.45. The Morgan fingerprint density at radius 2 is 2.03 bits per heavy atom. The number of carbonyl (C=O) groups excluding carboxylic acids is 1. The minimum atomic E-state index is -1.05. The Balaban J connectivity index is 1.81. The minimum Gasteiger partial charge on any atom is -0.392 e. The summed E-state index contributed by atoms with van der Waals surface area (Å²) in [5.41, 5.74) is 3.02. The van der Waals surface area contributed by atoms with E-state index in [1.807, 2.05) is 37.3 Å². The third-order valence-corrected chi connectivity index (χ3v) is 5.99. The zero-order valence-electron chi connectivity index (χ0n) is 19.1. The summed E-state index contributed by atoms with van der Waals surface area (Å²) in [6.07, 6.45) is 12.9. The molecule has 170 valence electrons. The molecule has 0 bridgehead atoms. The number of hydrogen-bond acceptors (Lipinski definition) is 6. The second-order valence-electron chi connectivity index (χ2n) is 9.43. The van der Waals surface area contributed by atoms with E-state index in [1.54, 1.807) is 20.8 Å². The average Bonchev–Trinajstić information content (AvgIpc) is 2.68. The fraction of sp³-hybridized carbons (Fsp3) is 0.560. The standard InChI is InChI=1S/C25H34O6/c1-16(7-6-8-24(4,5)31-28)9-20-10-17(2)13-25(29-20)14-19(15-26)21-12-22(27)18(3)11-23(21)30-25/h6,8-9,11,13-14,20-21,23,26,28H,7,10,12,15H2,1-5H3. The van der Waals surface area contributed by atoms with Gasteiger partial charge in [-0.2, -0.15) is 0 Å². The Morgan fingerprint density at radius 1 is 1.29 bits per heavy atom. The van der Waals surface area contributed by atoms with Crippen molar-refractivity contribution >= 4 is 5.78 Å². The predicted molar refractivity (Wildman–Crippen MR) is 118 cm³/mol. The van der Waals surface area contributed by atoms with Gasteiger partial charge in [0, 0.05) is 12.3 Å². The van der Waals surface area contributed by atoms with Gasteiger partial charge in [0.25, 0.3) is 0 Å². The smallest absolute Gasteiger partial charge is 0.209 e. The summed E-state index contributed by atoms with van der Waals surface area (Å²) in [7, 11) is 0. The number of Topliss-reactive ketones (excluding diaryl/α,β-unsaturated/α-hetero) is 1. The maximum atomic E-state index is 12.2. The van der Waals surface area contributed by atoms with E-state index >= 15 is 0 Å². The molecule has 0 radical (unpaired) electrons. The van der Waals surface area contributed by atoms with Crippen molar-refractivity contribution in [3.8, 4) is 0 Å². The molecule has 1 aliphatic carbocycles. The summed E-state index contributed by atoms with van der Waals surface area (Å²) in [4.78, 5) is 16.6. The molecule has 6 heteroatoms. The fourth-order valence-electron chi connectivity index (χ4n) is 4.37. The maximum absolute atomic E-state index is 12.2. The van der Waals surface area contributed by atoms with E-state index < -0.39 is 11.4 Å². The molecule has 0 aromatic heterocycles. The summed E-state index contributed by atoms with van der Waals surface area (Å²) in [5.74, 6) is -1.11. The quantitative estimate of drug-likeness (QED) is 0.368. The van der Waals surface area contributed by atoms with E-state index in [1.165, 1.54) is 0 Å². The Kier molecular flexibility index (Phi) is 7.18. The normalized spacial score (nSPS) is 32.1. The van der Waals surface area contributed by atoms with Crippen molar-refractivity contribution in [1.82, 2.24) is 0 Å². The number of hydrogen-bond donors (Lipinski definition) is 2. The van der Waals surface area contributed by atoms with E-state index in [-0.39, 0.29) is 30.5 Å². The number of aliphatic hydroxyl groups is 1. The van der Waals surface area contributed by atoms with Crippen molar-refractivity contribution < 1.29 is 29.5 Å². The van der Waals surface area contributed by atoms with E-state index in [9.17, 15) is 9.90 Å². The molecule has 2 heterocycles. The first kappa shape index (κ1) is 23.8. The summed E-state index contributed by atoms with van der Waals surface area (Å²) >= 11 is 0. The van der Waals surface area contributed by atoms with Crippen LogP contribution in [-0.4, -0.2) is 46.3 Å². The van der Waals surface area contributed by atoms with Gasteiger partial charge in [-0.1, -0.05) is 29.4 Å². The number of rotatable bonds is 6. The molecule has 2 N–H and O–H groups in total. The molecule has 4 atom stereocenters. The molecule has 0 aromatic carbocycles. The van der Waals surface area contributed by atoms with Crippen molar-refractivity contribution in [1.29, 1.82) is 0 Å². The van der Waals surface area contributed by atoms with Crippen LogP contribution in [0.4, 0.5) is 0 Å². The second-order valence-corrected chi connectivity index (χ2v) is 9.43. The number of ether oxygens (including phenoxy) is 2. The first-order valence-corrected chi connectivity index (χ1v) is 10.8. The third kappa shape index (κ3) is 5.70. The van der Waals surface area contributed by atoms with Crippen molar-refractivity contribution in [3.63, 3.8) is 0 Å². The number of carbonyl (C=O) groups is 1. The monoisotopic (exact) mass is 430 g/mol. The Hall–Kier alpha value is -1.83. The topological polar surface area (TPSA) is 85.2 Å². The number of fused-ring (bicyclic) bond motifs is 1. The van der Waals surface area contributed by atoms with Gasteiger partial charge < -0.3 is 14.6 Å². The van der Waals surface area contributed by atoms with Gasteiger partial charge in [0.15, 0.2) is 5.78 Å². The molecule has 0 saturated carbocycles. The van der Waals surface area contributed by atoms with Gasteiger partial charge >= 0.3 is 0 Å². The SMILES string of the molecule is CC(=CC1CC(C)=CC2(C=C(CO)C3CC(=O)C(C)=CC3O2)O1)CC=CC(C)(C)OO. The summed E-state index contributed by atoms with van der Waals surface area (Å²) in [5, 5.41) is 18.9. The summed E-state index contributed by atoms with van der Waals surface area (Å²) in [6.45, 7) is 9.31. The van der Waals surface area contributed by atoms with Gasteiger partial charge in [-0.05, 0) is 76.8 Å². The lowest BCUT2D eigenvalue weighted by Gasteiger charge is -2.45. The second kappa shape index (κ2) is 9.35. The van der Waals surface area contributed by atoms with Crippen LogP contribution in [0.5, 0.6) is 0 Å². The maximum Gasteiger partial charge on any atom is 0.209 e. The molecule has 6 nitrogen and oxygen atoms in total. The predicted octanol–water partition coefficient (Wildman–Crippen LogP) is 4.43. The fourth-order valence-corrected chi connectivity index (χ4v) is 4.37. The molecular weight excluding hydrogens is 396 g/mol. The minimum absolute atomic E-state index is 0.0932. The van der Waals surface area contributed by atoms with Gasteiger partial charge in [-0.15, -0.1) is 0 Å². The van der Waals surface area contributed by atoms with E-state index in [4.69, 9.17) is 14.7 Å². The van der Waals surface area contributed by atoms with Gasteiger partial charge in [0.05, 0.1) is 18.8 Å². The third-order valence-electron chi connectivity index (χ3n) is 5.99. The lowest BCUT2D eigenvalue weighted by atomic mass is 9.79. The van der Waals surface area contributed by atoms with Crippen LogP contribution in [0.15, 0.2) is 58.7 Å². The zero-order chi connectivity index (χ0) is 22.8. The van der Waals surface area contributed by atoms with E-state index in [0.717, 1.165) is 23.1 Å². The van der Waals surface area contributed by atoms with Gasteiger partial charge in [-0.25, -0.2) is 4.89 Å². The highest BCUT2D eigenvalue weighted by atomic mass is 17.1. The molecular formula is C25H34O6. The zero-order valence-corrected chi connectivity index (χ0v) is 19.1. The summed E-state index contributed by atoms with van der Waals surface area (Å²) < 4.78 is 12.8. The lowest BCUT2D eigenvalue weighted by molar-refractivity contribution is -0.297. The molecule has 0 aromatic rings. The highest BCUT2D eigenvalue weighted by Crippen LogP contribution is 2.42. The Labute approximate surface area is 184 Å². The molecule has 2 aliphatic heterocycles. The van der Waals surface area contributed by atoms with Gasteiger partial charge in [-0.3, -0.25) is 10.1 Å². The van der Waals surface area contributed by atoms with Crippen molar-refractivity contribution in [2.45, 2.75) is 77.5 Å². The van der Waals surface area contributed by atoms with Gasteiger partial charge in [0.2, 0.25) is 5.79 Å². The number of allylic oxidation sites excluding steroid dienone is 3. The Morgan fingerprint density at radius 3 is 2.71 bits per heavy atom. The van der Waals surface area contributed by atoms with Crippen LogP contribution in [0.3, 0.4) is 0 Å².